The van der Waals surface area contributed by atoms with Crippen molar-refractivity contribution in [2.75, 3.05) is 39.3 Å². The highest BCUT2D eigenvalue weighted by atomic mass is 19.1. The molecule has 7 nitrogen and oxygen atoms in total. The van der Waals surface area contributed by atoms with Gasteiger partial charge in [-0.2, -0.15) is 0 Å². The van der Waals surface area contributed by atoms with Gasteiger partial charge in [-0.15, -0.1) is 0 Å². The molecule has 3 heterocycles. The first-order chi connectivity index (χ1) is 19.4. The number of ether oxygens (including phenoxy) is 1. The first kappa shape index (κ1) is 27.7. The minimum absolute atomic E-state index is 0.0357. The van der Waals surface area contributed by atoms with Crippen LogP contribution in [0.3, 0.4) is 0 Å². The molecule has 9 heteroatoms. The van der Waals surface area contributed by atoms with Crippen LogP contribution in [-0.4, -0.2) is 65.9 Å². The Balaban J connectivity index is 1.33. The lowest BCUT2D eigenvalue weighted by molar-refractivity contribution is 0.0346. The molecule has 0 radical (unpaired) electrons. The van der Waals surface area contributed by atoms with Crippen LogP contribution in [0.5, 0.6) is 5.75 Å². The number of piperidine rings is 1. The summed E-state index contributed by atoms with van der Waals surface area (Å²) in [5.41, 5.74) is 1.33. The van der Waals surface area contributed by atoms with Crippen molar-refractivity contribution in [3.8, 4) is 5.75 Å². The molecule has 40 heavy (non-hydrogen) atoms. The summed E-state index contributed by atoms with van der Waals surface area (Å²) in [5, 5.41) is 3.01. The number of rotatable bonds is 3. The predicted octanol–water partition coefficient (Wildman–Crippen LogP) is 4.69. The van der Waals surface area contributed by atoms with Crippen molar-refractivity contribution < 1.29 is 23.1 Å². The number of carbonyl (C=O) groups excluding carboxylic acids is 2. The monoisotopic (exact) mass is 548 g/mol. The third kappa shape index (κ3) is 6.65. The maximum atomic E-state index is 14.2. The summed E-state index contributed by atoms with van der Waals surface area (Å²) >= 11 is 0. The van der Waals surface area contributed by atoms with Gasteiger partial charge in [-0.05, 0) is 68.1 Å². The number of pyridine rings is 1. The molecule has 1 fully saturated rings. The second-order valence-electron chi connectivity index (χ2n) is 10.7. The normalized spacial score (nSPS) is 18.4. The summed E-state index contributed by atoms with van der Waals surface area (Å²) in [4.78, 5) is 33.8. The Morgan fingerprint density at radius 2 is 1.75 bits per heavy atom. The van der Waals surface area contributed by atoms with Gasteiger partial charge in [-0.1, -0.05) is 24.3 Å². The van der Waals surface area contributed by atoms with E-state index in [9.17, 15) is 18.4 Å². The van der Waals surface area contributed by atoms with Crippen molar-refractivity contribution in [2.45, 2.75) is 32.2 Å². The fraction of sp³-hybridized carbons (Fsp3) is 0.387. The molecular weight excluding hydrogens is 514 g/mol. The van der Waals surface area contributed by atoms with Crippen LogP contribution in [0.15, 0.2) is 67.0 Å². The van der Waals surface area contributed by atoms with Crippen molar-refractivity contribution in [3.63, 3.8) is 0 Å². The fourth-order valence-electron chi connectivity index (χ4n) is 5.60. The van der Waals surface area contributed by atoms with Crippen LogP contribution < -0.4 is 10.1 Å². The number of benzene rings is 2. The summed E-state index contributed by atoms with van der Waals surface area (Å²) in [6.07, 6.45) is 5.67. The van der Waals surface area contributed by atoms with E-state index in [2.05, 4.69) is 15.2 Å². The van der Waals surface area contributed by atoms with Gasteiger partial charge in [0.25, 0.3) is 11.8 Å². The Kier molecular flexibility index (Phi) is 8.69. The van der Waals surface area contributed by atoms with Gasteiger partial charge >= 0.3 is 0 Å². The quantitative estimate of drug-likeness (QED) is 0.514. The number of nitrogens with one attached hydrogen (secondary N) is 1. The van der Waals surface area contributed by atoms with Gasteiger partial charge in [0.2, 0.25) is 0 Å². The number of hydrogen-bond acceptors (Lipinski definition) is 5. The molecular formula is C31H34F2N4O3. The van der Waals surface area contributed by atoms with Crippen molar-refractivity contribution in [2.24, 2.45) is 5.41 Å². The third-order valence-electron chi connectivity index (χ3n) is 7.99. The predicted molar refractivity (Wildman–Crippen MR) is 147 cm³/mol. The zero-order valence-electron chi connectivity index (χ0n) is 22.5. The van der Waals surface area contributed by atoms with Crippen LogP contribution >= 0.6 is 0 Å². The summed E-state index contributed by atoms with van der Waals surface area (Å²) in [7, 11) is 0. The number of fused-ring (bicyclic) bond motifs is 1. The second kappa shape index (κ2) is 12.6. The SMILES string of the molecule is O=C1NCCN(Cc2ccc(F)cc2)CCCC2(CCN(C(=O)c3ccncc3F)CC2)COc2ccccc21. The molecule has 0 bridgehead atoms. The number of hydrogen-bond donors (Lipinski definition) is 1. The standard InChI is InChI=1S/C31H34F2N4O3/c32-24-8-6-23(7-9-24)21-36-16-3-11-31(22-40-28-5-2-1-4-26(28)29(38)35-15-19-36)12-17-37(18-13-31)30(39)25-10-14-34-20-27(25)33/h1-2,4-10,14,20H,3,11-13,15-19,21-22H2,(H,35,38). The van der Waals surface area contributed by atoms with Crippen LogP contribution in [0, 0.1) is 17.0 Å². The number of para-hydroxylation sites is 1. The molecule has 0 saturated carbocycles. The first-order valence-corrected chi connectivity index (χ1v) is 13.8. The molecule has 1 saturated heterocycles. The van der Waals surface area contributed by atoms with Gasteiger partial charge in [-0.25, -0.2) is 8.78 Å². The Labute approximate surface area is 233 Å². The van der Waals surface area contributed by atoms with Gasteiger partial charge < -0.3 is 15.0 Å². The van der Waals surface area contributed by atoms with Crippen molar-refractivity contribution >= 4 is 11.8 Å². The minimum atomic E-state index is -0.616. The molecule has 3 aromatic rings. The lowest BCUT2D eigenvalue weighted by Crippen LogP contribution is -2.46. The van der Waals surface area contributed by atoms with Crippen LogP contribution in [0.25, 0.3) is 0 Å². The number of aromatic nitrogens is 1. The molecule has 2 aromatic carbocycles. The lowest BCUT2D eigenvalue weighted by atomic mass is 9.75. The fourth-order valence-corrected chi connectivity index (χ4v) is 5.60. The Morgan fingerprint density at radius 3 is 2.52 bits per heavy atom. The number of halogens is 2. The van der Waals surface area contributed by atoms with E-state index >= 15 is 0 Å². The average Bonchev–Trinajstić information content (AvgIpc) is 2.98. The molecule has 210 valence electrons. The van der Waals surface area contributed by atoms with E-state index in [1.165, 1.54) is 24.4 Å². The molecule has 0 atom stereocenters. The third-order valence-corrected chi connectivity index (χ3v) is 7.99. The molecule has 2 aliphatic heterocycles. The summed E-state index contributed by atoms with van der Waals surface area (Å²) < 4.78 is 34.0. The summed E-state index contributed by atoms with van der Waals surface area (Å²) in [6.45, 7) is 3.97. The second-order valence-corrected chi connectivity index (χ2v) is 10.7. The van der Waals surface area contributed by atoms with Gasteiger partial charge in [-0.3, -0.25) is 19.5 Å². The summed E-state index contributed by atoms with van der Waals surface area (Å²) in [5.74, 6) is -0.857. The van der Waals surface area contributed by atoms with Gasteiger partial charge in [0.05, 0.1) is 23.9 Å². The van der Waals surface area contributed by atoms with Crippen molar-refractivity contribution in [1.82, 2.24) is 20.1 Å². The topological polar surface area (TPSA) is 74.8 Å². The van der Waals surface area contributed by atoms with Crippen molar-refractivity contribution in [3.05, 3.63) is 95.3 Å². The average molecular weight is 549 g/mol. The van der Waals surface area contributed by atoms with Crippen LogP contribution in [0.1, 0.15) is 52.0 Å². The van der Waals surface area contributed by atoms with E-state index < -0.39 is 5.82 Å². The number of amides is 2. The van der Waals surface area contributed by atoms with E-state index in [1.54, 1.807) is 23.1 Å². The number of carbonyl (C=O) groups is 2. The largest absolute Gasteiger partial charge is 0.492 e. The molecule has 2 amide bonds. The van der Waals surface area contributed by atoms with Crippen molar-refractivity contribution in [1.29, 1.82) is 0 Å². The Morgan fingerprint density at radius 1 is 0.975 bits per heavy atom. The van der Waals surface area contributed by atoms with Gasteiger partial charge in [0, 0.05) is 44.3 Å². The lowest BCUT2D eigenvalue weighted by Gasteiger charge is -2.42. The Bertz CT molecular complexity index is 1330. The van der Waals surface area contributed by atoms with Crippen LogP contribution in [0.2, 0.25) is 0 Å². The molecule has 1 aromatic heterocycles. The van der Waals surface area contributed by atoms with E-state index in [0.717, 1.165) is 31.1 Å². The van der Waals surface area contributed by atoms with Crippen LogP contribution in [0.4, 0.5) is 8.78 Å². The zero-order valence-corrected chi connectivity index (χ0v) is 22.5. The maximum absolute atomic E-state index is 14.2. The minimum Gasteiger partial charge on any atom is -0.492 e. The van der Waals surface area contributed by atoms with E-state index in [1.807, 2.05) is 18.2 Å². The molecule has 0 unspecified atom stereocenters. The van der Waals surface area contributed by atoms with Crippen LogP contribution in [-0.2, 0) is 6.54 Å². The zero-order chi connectivity index (χ0) is 28.0. The molecule has 0 aliphatic carbocycles. The maximum Gasteiger partial charge on any atom is 0.256 e. The van der Waals surface area contributed by atoms with Gasteiger partial charge in [0.15, 0.2) is 5.82 Å². The van der Waals surface area contributed by atoms with E-state index in [4.69, 9.17) is 4.74 Å². The van der Waals surface area contributed by atoms with E-state index in [-0.39, 0.29) is 28.6 Å². The van der Waals surface area contributed by atoms with Gasteiger partial charge in [0.1, 0.15) is 11.6 Å². The highest BCUT2D eigenvalue weighted by molar-refractivity contribution is 5.97. The molecule has 5 rings (SSSR count). The molecule has 1 N–H and O–H groups in total. The molecule has 2 aliphatic rings. The highest BCUT2D eigenvalue weighted by Gasteiger charge is 2.37. The number of likely N-dealkylation sites (tertiary alicyclic amines) is 1. The summed E-state index contributed by atoms with van der Waals surface area (Å²) in [6, 6.07) is 15.2. The smallest absolute Gasteiger partial charge is 0.256 e. The first-order valence-electron chi connectivity index (χ1n) is 13.8. The number of nitrogens with zero attached hydrogens (tertiary/aromatic N) is 3. The molecule has 1 spiro atoms. The Hall–Kier alpha value is -3.85. The highest BCUT2D eigenvalue weighted by Crippen LogP contribution is 2.38. The van der Waals surface area contributed by atoms with E-state index in [0.29, 0.717) is 63.5 Å².